The summed E-state index contributed by atoms with van der Waals surface area (Å²) in [6.07, 6.45) is -10.5. The molecule has 1 aliphatic rings. The van der Waals surface area contributed by atoms with Crippen LogP contribution in [0.15, 0.2) is 30.3 Å². The summed E-state index contributed by atoms with van der Waals surface area (Å²) in [7, 11) is 0. The minimum Gasteiger partial charge on any atom is -0.453 e. The highest BCUT2D eigenvalue weighted by atomic mass is 16.7. The highest BCUT2D eigenvalue weighted by molar-refractivity contribution is 5.89. The van der Waals surface area contributed by atoms with Gasteiger partial charge in [-0.3, -0.25) is 0 Å². The van der Waals surface area contributed by atoms with Crippen molar-refractivity contribution in [2.45, 2.75) is 43.1 Å². The largest absolute Gasteiger partial charge is 0.453 e. The first kappa shape index (κ1) is 17.8. The number of rotatable bonds is 4. The Hall–Kier alpha value is -1.59. The van der Waals surface area contributed by atoms with Gasteiger partial charge in [-0.2, -0.15) is 0 Å². The van der Waals surface area contributed by atoms with Crippen LogP contribution < -0.4 is 0 Å². The summed E-state index contributed by atoms with van der Waals surface area (Å²) in [5.41, 5.74) is 0.137. The molecule has 0 heterocycles. The van der Waals surface area contributed by atoms with Crippen LogP contribution in [0.5, 0.6) is 0 Å². The van der Waals surface area contributed by atoms with Gasteiger partial charge in [0.25, 0.3) is 6.48 Å². The van der Waals surface area contributed by atoms with Crippen LogP contribution in [0.2, 0.25) is 0 Å². The lowest BCUT2D eigenvalue weighted by Gasteiger charge is -2.43. The summed E-state index contributed by atoms with van der Waals surface area (Å²) < 4.78 is 9.62. The monoisotopic (exact) mass is 330 g/mol. The Bertz CT molecular complexity index is 520. The van der Waals surface area contributed by atoms with Crippen LogP contribution in [0.25, 0.3) is 0 Å². The quantitative estimate of drug-likeness (QED) is 0.256. The molecular weight excluding hydrogens is 312 g/mol. The molecule has 0 amide bonds. The van der Waals surface area contributed by atoms with E-state index in [0.717, 1.165) is 0 Å². The maximum atomic E-state index is 12.0. The number of carbonyl (C=O) groups excluding carboxylic acids is 1. The topological polar surface area (TPSA) is 157 Å². The number of esters is 1. The Morgan fingerprint density at radius 2 is 1.39 bits per heavy atom. The van der Waals surface area contributed by atoms with E-state index >= 15 is 0 Å². The molecule has 0 radical (unpaired) electrons. The molecule has 9 nitrogen and oxygen atoms in total. The van der Waals surface area contributed by atoms with Crippen molar-refractivity contribution in [3.8, 4) is 0 Å². The molecular formula is C14H18O9. The summed E-state index contributed by atoms with van der Waals surface area (Å²) in [5.74, 6) is -0.883. The lowest BCUT2D eigenvalue weighted by atomic mass is 9.84. The molecule has 23 heavy (non-hydrogen) atoms. The molecule has 6 atom stereocenters. The van der Waals surface area contributed by atoms with Crippen LogP contribution in [-0.2, 0) is 9.47 Å². The van der Waals surface area contributed by atoms with Crippen LogP contribution in [0, 0.1) is 0 Å². The molecule has 0 aromatic heterocycles. The molecule has 6 N–H and O–H groups in total. The Morgan fingerprint density at radius 1 is 0.870 bits per heavy atom. The minimum absolute atomic E-state index is 0.137. The molecule has 0 spiro atoms. The molecule has 1 aromatic rings. The molecule has 1 saturated carbocycles. The number of hydrogen-bond donors (Lipinski definition) is 6. The molecule has 1 fully saturated rings. The fourth-order valence-electron chi connectivity index (χ4n) is 2.38. The zero-order valence-electron chi connectivity index (χ0n) is 11.8. The molecule has 1 aliphatic carbocycles. The van der Waals surface area contributed by atoms with Crippen molar-refractivity contribution in [2.75, 3.05) is 0 Å². The number of aliphatic hydroxyl groups excluding tert-OH is 5. The van der Waals surface area contributed by atoms with Crippen molar-refractivity contribution in [2.24, 2.45) is 0 Å². The van der Waals surface area contributed by atoms with Crippen LogP contribution in [0.4, 0.5) is 0 Å². The highest BCUT2D eigenvalue weighted by Gasteiger charge is 2.52. The van der Waals surface area contributed by atoms with Gasteiger partial charge < -0.3 is 40.1 Å². The average molecular weight is 330 g/mol. The van der Waals surface area contributed by atoms with E-state index in [9.17, 15) is 25.2 Å². The Labute approximate surface area is 130 Å². The van der Waals surface area contributed by atoms with Gasteiger partial charge in [-0.1, -0.05) is 18.2 Å². The second-order valence-electron chi connectivity index (χ2n) is 5.13. The van der Waals surface area contributed by atoms with Crippen molar-refractivity contribution >= 4 is 5.97 Å². The van der Waals surface area contributed by atoms with Gasteiger partial charge in [0.05, 0.1) is 5.56 Å². The number of benzene rings is 1. The van der Waals surface area contributed by atoms with E-state index in [4.69, 9.17) is 14.9 Å². The molecule has 9 heteroatoms. The minimum atomic E-state index is -2.35. The first-order valence-electron chi connectivity index (χ1n) is 6.83. The SMILES string of the molecule is O=C(O[C@H]1[C@@H](O)[C@H](O)[C@@H](O)[C@H](O)[C@H]1OC(O)O)c1ccccc1. The molecule has 2 rings (SSSR count). The lowest BCUT2D eigenvalue weighted by Crippen LogP contribution is -2.65. The Kier molecular flexibility index (Phi) is 5.65. The number of aliphatic hydroxyl groups is 6. The summed E-state index contributed by atoms with van der Waals surface area (Å²) in [4.78, 5) is 12.0. The normalized spacial score (nSPS) is 34.4. The zero-order valence-corrected chi connectivity index (χ0v) is 11.8. The molecule has 0 saturated heterocycles. The van der Waals surface area contributed by atoms with Crippen LogP contribution in [0.3, 0.4) is 0 Å². The predicted molar refractivity (Wildman–Crippen MR) is 72.8 cm³/mol. The van der Waals surface area contributed by atoms with Gasteiger partial charge >= 0.3 is 5.97 Å². The smallest absolute Gasteiger partial charge is 0.338 e. The van der Waals surface area contributed by atoms with Crippen molar-refractivity contribution < 1.29 is 44.9 Å². The van der Waals surface area contributed by atoms with E-state index in [1.165, 1.54) is 12.1 Å². The maximum absolute atomic E-state index is 12.0. The number of ether oxygens (including phenoxy) is 2. The molecule has 0 aliphatic heterocycles. The van der Waals surface area contributed by atoms with E-state index in [1.54, 1.807) is 18.2 Å². The fraction of sp³-hybridized carbons (Fsp3) is 0.500. The standard InChI is InChI=1S/C14H18O9/c15-7-8(16)10(18)12(23-14(20)21)11(9(7)17)22-13(19)6-4-2-1-3-5-6/h1-5,7-12,14-18,20-21H/t7-,8-,9+,10+,11+,12-/m1/s1. The third-order valence-electron chi connectivity index (χ3n) is 3.58. The van der Waals surface area contributed by atoms with E-state index in [1.807, 2.05) is 0 Å². The average Bonchev–Trinajstić information content (AvgIpc) is 2.54. The van der Waals surface area contributed by atoms with Crippen molar-refractivity contribution in [1.29, 1.82) is 0 Å². The fourth-order valence-corrected chi connectivity index (χ4v) is 2.38. The maximum Gasteiger partial charge on any atom is 0.338 e. The van der Waals surface area contributed by atoms with Gasteiger partial charge in [0.15, 0.2) is 6.10 Å². The van der Waals surface area contributed by atoms with Gasteiger partial charge in [-0.25, -0.2) is 4.79 Å². The van der Waals surface area contributed by atoms with Crippen molar-refractivity contribution in [3.63, 3.8) is 0 Å². The molecule has 0 bridgehead atoms. The van der Waals surface area contributed by atoms with Gasteiger partial charge in [0, 0.05) is 0 Å². The molecule has 128 valence electrons. The summed E-state index contributed by atoms with van der Waals surface area (Å²) in [6, 6.07) is 7.70. The molecule has 1 aromatic carbocycles. The van der Waals surface area contributed by atoms with E-state index < -0.39 is 49.1 Å². The first-order valence-corrected chi connectivity index (χ1v) is 6.83. The Balaban J connectivity index is 2.22. The van der Waals surface area contributed by atoms with Crippen LogP contribution in [0.1, 0.15) is 10.4 Å². The van der Waals surface area contributed by atoms with E-state index in [-0.39, 0.29) is 5.56 Å². The summed E-state index contributed by atoms with van der Waals surface area (Å²) in [5, 5.41) is 56.9. The van der Waals surface area contributed by atoms with Gasteiger partial charge in [0.1, 0.15) is 30.5 Å². The van der Waals surface area contributed by atoms with Gasteiger partial charge in [-0.05, 0) is 12.1 Å². The van der Waals surface area contributed by atoms with Gasteiger partial charge in [-0.15, -0.1) is 0 Å². The predicted octanol–water partition coefficient (Wildman–Crippen LogP) is -2.68. The van der Waals surface area contributed by atoms with E-state index in [0.29, 0.717) is 0 Å². The first-order chi connectivity index (χ1) is 10.8. The highest BCUT2D eigenvalue weighted by Crippen LogP contribution is 2.27. The number of carbonyl (C=O) groups is 1. The summed E-state index contributed by atoms with van der Waals surface area (Å²) >= 11 is 0. The van der Waals surface area contributed by atoms with Crippen LogP contribution >= 0.6 is 0 Å². The van der Waals surface area contributed by atoms with Crippen molar-refractivity contribution in [1.82, 2.24) is 0 Å². The zero-order chi connectivity index (χ0) is 17.1. The third kappa shape index (κ3) is 3.85. The summed E-state index contributed by atoms with van der Waals surface area (Å²) in [6.45, 7) is -2.35. The van der Waals surface area contributed by atoms with Crippen LogP contribution in [-0.4, -0.2) is 79.7 Å². The lowest BCUT2D eigenvalue weighted by molar-refractivity contribution is -0.315. The van der Waals surface area contributed by atoms with Crippen molar-refractivity contribution in [3.05, 3.63) is 35.9 Å². The third-order valence-corrected chi connectivity index (χ3v) is 3.58. The second kappa shape index (κ2) is 7.32. The molecule has 0 unspecified atom stereocenters. The second-order valence-corrected chi connectivity index (χ2v) is 5.13. The number of hydrogen-bond acceptors (Lipinski definition) is 9. The van der Waals surface area contributed by atoms with E-state index in [2.05, 4.69) is 4.74 Å². The Morgan fingerprint density at radius 3 is 1.91 bits per heavy atom. The van der Waals surface area contributed by atoms with Gasteiger partial charge in [0.2, 0.25) is 0 Å².